The highest BCUT2D eigenvalue weighted by atomic mass is 79.9. The fourth-order valence-electron chi connectivity index (χ4n) is 0.930. The van der Waals surface area contributed by atoms with Crippen LogP contribution in [0.3, 0.4) is 0 Å². The van der Waals surface area contributed by atoms with Gasteiger partial charge in [-0.25, -0.2) is 0 Å². The number of hydrogen-bond donors (Lipinski definition) is 1. The van der Waals surface area contributed by atoms with Crippen molar-refractivity contribution >= 4 is 21.8 Å². The van der Waals surface area contributed by atoms with Crippen molar-refractivity contribution in [2.45, 2.75) is 24.6 Å². The molecule has 90 valence electrons. The molecule has 1 amide bonds. The largest absolute Gasteiger partial charge is 0.382 e. The molecule has 0 aliphatic heterocycles. The minimum absolute atomic E-state index is 0.0677. The highest BCUT2D eigenvalue weighted by molar-refractivity contribution is 9.09. The zero-order valence-electron chi connectivity index (χ0n) is 9.42. The Hall–Kier alpha value is -0.130. The molecular formula is C10H20BrNO3. The number of halogens is 1. The number of carbonyl (C=O) groups is 1. The summed E-state index contributed by atoms with van der Waals surface area (Å²) in [6, 6.07) is 0. The number of carbonyl (C=O) groups excluding carboxylic acids is 1. The van der Waals surface area contributed by atoms with E-state index in [9.17, 15) is 4.79 Å². The lowest BCUT2D eigenvalue weighted by molar-refractivity contribution is -0.126. The highest BCUT2D eigenvalue weighted by Crippen LogP contribution is 2.07. The molecule has 0 aromatic rings. The molecule has 5 heteroatoms. The number of hydrogen-bond acceptors (Lipinski definition) is 3. The Balaban J connectivity index is 3.26. The SMILES string of the molecule is CCC(Br)CCNC(=O)COCCOC. The van der Waals surface area contributed by atoms with Gasteiger partial charge in [0.1, 0.15) is 6.61 Å². The lowest BCUT2D eigenvalue weighted by atomic mass is 10.2. The van der Waals surface area contributed by atoms with Crippen LogP contribution in [0.4, 0.5) is 0 Å². The summed E-state index contributed by atoms with van der Waals surface area (Å²) in [4.78, 5) is 11.7. The molecule has 0 bridgehead atoms. The van der Waals surface area contributed by atoms with E-state index in [1.165, 1.54) is 0 Å². The van der Waals surface area contributed by atoms with Crippen LogP contribution in [-0.2, 0) is 14.3 Å². The Morgan fingerprint density at radius 3 is 2.80 bits per heavy atom. The molecular weight excluding hydrogens is 262 g/mol. The van der Waals surface area contributed by atoms with E-state index in [0.717, 1.165) is 12.8 Å². The van der Waals surface area contributed by atoms with Gasteiger partial charge >= 0.3 is 0 Å². The molecule has 0 aromatic carbocycles. The normalized spacial score (nSPS) is 12.5. The van der Waals surface area contributed by atoms with Crippen molar-refractivity contribution in [3.8, 4) is 0 Å². The third-order valence-electron chi connectivity index (χ3n) is 1.89. The molecule has 0 aliphatic rings. The second-order valence-electron chi connectivity index (χ2n) is 3.19. The zero-order chi connectivity index (χ0) is 11.5. The molecule has 4 nitrogen and oxygen atoms in total. The second-order valence-corrected chi connectivity index (χ2v) is 4.48. The molecule has 0 aliphatic carbocycles. The summed E-state index contributed by atoms with van der Waals surface area (Å²) in [5.74, 6) is -0.0677. The van der Waals surface area contributed by atoms with Crippen molar-refractivity contribution < 1.29 is 14.3 Å². The van der Waals surface area contributed by atoms with Gasteiger partial charge in [0.2, 0.25) is 5.91 Å². The molecule has 0 spiro atoms. The van der Waals surface area contributed by atoms with Gasteiger partial charge in [-0.3, -0.25) is 4.79 Å². The van der Waals surface area contributed by atoms with Crippen LogP contribution >= 0.6 is 15.9 Å². The standard InChI is InChI=1S/C10H20BrNO3/c1-3-9(11)4-5-12-10(13)8-15-7-6-14-2/h9H,3-8H2,1-2H3,(H,12,13). The number of rotatable bonds is 9. The molecule has 15 heavy (non-hydrogen) atoms. The molecule has 0 fully saturated rings. The smallest absolute Gasteiger partial charge is 0.246 e. The van der Waals surface area contributed by atoms with E-state index in [0.29, 0.717) is 24.6 Å². The van der Waals surface area contributed by atoms with Crippen molar-refractivity contribution in [2.75, 3.05) is 33.5 Å². The van der Waals surface area contributed by atoms with Gasteiger partial charge in [0.15, 0.2) is 0 Å². The van der Waals surface area contributed by atoms with Gasteiger partial charge in [-0.1, -0.05) is 22.9 Å². The van der Waals surface area contributed by atoms with Gasteiger partial charge in [0.25, 0.3) is 0 Å². The first-order chi connectivity index (χ1) is 7.20. The van der Waals surface area contributed by atoms with Gasteiger partial charge in [-0.15, -0.1) is 0 Å². The summed E-state index contributed by atoms with van der Waals surface area (Å²) >= 11 is 3.50. The Kier molecular flexibility index (Phi) is 10.3. The van der Waals surface area contributed by atoms with Crippen molar-refractivity contribution in [1.82, 2.24) is 5.32 Å². The molecule has 1 atom stereocenters. The maximum Gasteiger partial charge on any atom is 0.246 e. The summed E-state index contributed by atoms with van der Waals surface area (Å²) in [6.07, 6.45) is 2.01. The summed E-state index contributed by atoms with van der Waals surface area (Å²) in [5, 5.41) is 2.79. The molecule has 1 N–H and O–H groups in total. The summed E-state index contributed by atoms with van der Waals surface area (Å²) in [7, 11) is 1.60. The van der Waals surface area contributed by atoms with Crippen LogP contribution in [0.25, 0.3) is 0 Å². The van der Waals surface area contributed by atoms with Gasteiger partial charge in [0.05, 0.1) is 13.2 Å². The monoisotopic (exact) mass is 281 g/mol. The van der Waals surface area contributed by atoms with Gasteiger partial charge in [0, 0.05) is 18.5 Å². The van der Waals surface area contributed by atoms with E-state index < -0.39 is 0 Å². The van der Waals surface area contributed by atoms with Crippen LogP contribution in [-0.4, -0.2) is 44.2 Å². The first-order valence-electron chi connectivity index (χ1n) is 5.18. The second kappa shape index (κ2) is 10.4. The molecule has 0 rings (SSSR count). The van der Waals surface area contributed by atoms with Gasteiger partial charge in [-0.05, 0) is 12.8 Å². The number of amides is 1. The summed E-state index contributed by atoms with van der Waals surface area (Å²) in [5.41, 5.74) is 0. The van der Waals surface area contributed by atoms with E-state index >= 15 is 0 Å². The number of methoxy groups -OCH3 is 1. The van der Waals surface area contributed by atoms with Crippen LogP contribution in [0.5, 0.6) is 0 Å². The van der Waals surface area contributed by atoms with E-state index in [1.807, 2.05) is 0 Å². The first-order valence-corrected chi connectivity index (χ1v) is 6.09. The fraction of sp³-hybridized carbons (Fsp3) is 0.900. The van der Waals surface area contributed by atoms with Gasteiger partial charge in [-0.2, -0.15) is 0 Å². The van der Waals surface area contributed by atoms with E-state index in [1.54, 1.807) is 7.11 Å². The van der Waals surface area contributed by atoms with Gasteiger partial charge < -0.3 is 14.8 Å². The summed E-state index contributed by atoms with van der Waals surface area (Å²) in [6.45, 7) is 3.89. The Bertz CT molecular complexity index is 167. The third-order valence-corrected chi connectivity index (χ3v) is 2.99. The predicted molar refractivity (Wildman–Crippen MR) is 63.3 cm³/mol. The average Bonchev–Trinajstić information content (AvgIpc) is 2.24. The molecule has 0 saturated carbocycles. The first kappa shape index (κ1) is 14.9. The Morgan fingerprint density at radius 1 is 1.47 bits per heavy atom. The van der Waals surface area contributed by atoms with Crippen LogP contribution < -0.4 is 5.32 Å². The third kappa shape index (κ3) is 10.2. The van der Waals surface area contributed by atoms with Crippen LogP contribution in [0.15, 0.2) is 0 Å². The Morgan fingerprint density at radius 2 is 2.20 bits per heavy atom. The van der Waals surface area contributed by atoms with Crippen LogP contribution in [0, 0.1) is 0 Å². The van der Waals surface area contributed by atoms with Crippen molar-refractivity contribution in [2.24, 2.45) is 0 Å². The van der Waals surface area contributed by atoms with Crippen molar-refractivity contribution in [1.29, 1.82) is 0 Å². The van der Waals surface area contributed by atoms with E-state index in [-0.39, 0.29) is 12.5 Å². The lowest BCUT2D eigenvalue weighted by Gasteiger charge is -2.08. The van der Waals surface area contributed by atoms with E-state index in [2.05, 4.69) is 28.2 Å². The predicted octanol–water partition coefficient (Wildman–Crippen LogP) is 1.33. The lowest BCUT2D eigenvalue weighted by Crippen LogP contribution is -2.30. The van der Waals surface area contributed by atoms with E-state index in [4.69, 9.17) is 9.47 Å². The quantitative estimate of drug-likeness (QED) is 0.512. The fourth-order valence-corrected chi connectivity index (χ4v) is 1.16. The highest BCUT2D eigenvalue weighted by Gasteiger charge is 2.03. The number of ether oxygens (including phenoxy) is 2. The topological polar surface area (TPSA) is 47.6 Å². The molecule has 0 radical (unpaired) electrons. The maximum atomic E-state index is 11.2. The average molecular weight is 282 g/mol. The molecule has 0 saturated heterocycles. The zero-order valence-corrected chi connectivity index (χ0v) is 11.0. The maximum absolute atomic E-state index is 11.2. The molecule has 0 heterocycles. The molecule has 0 aromatic heterocycles. The van der Waals surface area contributed by atoms with Crippen molar-refractivity contribution in [3.05, 3.63) is 0 Å². The minimum atomic E-state index is -0.0677. The number of nitrogens with one attached hydrogen (secondary N) is 1. The molecule has 1 unspecified atom stereocenters. The van der Waals surface area contributed by atoms with Crippen LogP contribution in [0.1, 0.15) is 19.8 Å². The minimum Gasteiger partial charge on any atom is -0.382 e. The number of alkyl halides is 1. The summed E-state index contributed by atoms with van der Waals surface area (Å²) < 4.78 is 9.86. The van der Waals surface area contributed by atoms with Crippen molar-refractivity contribution in [3.63, 3.8) is 0 Å². The Labute approximate surface area is 99.8 Å². The van der Waals surface area contributed by atoms with Crippen LogP contribution in [0.2, 0.25) is 0 Å².